The number of aliphatic hydroxyl groups excluding tert-OH is 1. The molecule has 3 saturated heterocycles. The van der Waals surface area contributed by atoms with E-state index >= 15 is 4.79 Å². The molecule has 0 aromatic heterocycles. The van der Waals surface area contributed by atoms with Gasteiger partial charge < -0.3 is 29.7 Å². The Bertz CT molecular complexity index is 1460. The van der Waals surface area contributed by atoms with Crippen LogP contribution < -0.4 is 5.32 Å². The van der Waals surface area contributed by atoms with Crippen LogP contribution in [0.15, 0.2) is 55.6 Å². The Labute approximate surface area is 312 Å². The van der Waals surface area contributed by atoms with E-state index in [-0.39, 0.29) is 47.5 Å². The normalized spacial score (nSPS) is 27.5. The summed E-state index contributed by atoms with van der Waals surface area (Å²) in [6, 6.07) is 6.79. The molecular formula is C40H58BrN3O7. The molecule has 10 nitrogen and oxygen atoms in total. The molecule has 3 fully saturated rings. The highest BCUT2D eigenvalue weighted by Gasteiger charge is 2.78. The summed E-state index contributed by atoms with van der Waals surface area (Å²) < 4.78 is 13.1. The molecule has 3 heterocycles. The topological polar surface area (TPSA) is 125 Å². The SMILES string of the molecule is C=CCCC(=O)N[C@@H](C)[C@H](OC(=O)[C@H]1[C@@H]2O[C@@]3(CC2Br)[C@@H]1C(=O)N([C@@H](CO)C(C)C)[C@@H]3C(=O)N(CC=C)C(C)(C)CC(C)(C)C)c1ccccc1. The molecule has 1 spiro atoms. The Morgan fingerprint density at radius 3 is 2.33 bits per heavy atom. The van der Waals surface area contributed by atoms with Crippen molar-refractivity contribution in [3.05, 3.63) is 61.2 Å². The molecule has 1 unspecified atom stereocenters. The molecule has 3 amide bonds. The van der Waals surface area contributed by atoms with E-state index in [1.807, 2.05) is 58.0 Å². The lowest BCUT2D eigenvalue weighted by Gasteiger charge is -2.47. The number of esters is 1. The minimum absolute atomic E-state index is 0.115. The third-order valence-corrected chi connectivity index (χ3v) is 11.5. The van der Waals surface area contributed by atoms with E-state index in [1.165, 1.54) is 4.90 Å². The number of hydrogen-bond acceptors (Lipinski definition) is 7. The quantitative estimate of drug-likeness (QED) is 0.125. The first-order chi connectivity index (χ1) is 23.8. The van der Waals surface area contributed by atoms with Gasteiger partial charge in [-0.15, -0.1) is 13.2 Å². The number of ether oxygens (including phenoxy) is 2. The summed E-state index contributed by atoms with van der Waals surface area (Å²) in [5, 5.41) is 13.7. The zero-order valence-electron chi connectivity index (χ0n) is 31.6. The van der Waals surface area contributed by atoms with Crippen LogP contribution >= 0.6 is 15.9 Å². The molecule has 2 N–H and O–H groups in total. The van der Waals surface area contributed by atoms with Gasteiger partial charge in [-0.2, -0.15) is 0 Å². The zero-order chi connectivity index (χ0) is 38.1. The summed E-state index contributed by atoms with van der Waals surface area (Å²) in [5.41, 5.74) is -1.40. The summed E-state index contributed by atoms with van der Waals surface area (Å²) in [6.07, 6.45) is 3.51. The van der Waals surface area contributed by atoms with Crippen molar-refractivity contribution in [2.75, 3.05) is 13.2 Å². The lowest BCUT2D eigenvalue weighted by Crippen LogP contribution is -2.63. The van der Waals surface area contributed by atoms with Crippen LogP contribution in [0.5, 0.6) is 0 Å². The van der Waals surface area contributed by atoms with Crippen molar-refractivity contribution in [2.24, 2.45) is 23.2 Å². The number of nitrogens with zero attached hydrogens (tertiary/aromatic N) is 2. The molecule has 51 heavy (non-hydrogen) atoms. The van der Waals surface area contributed by atoms with Crippen LogP contribution in [-0.4, -0.2) is 91.9 Å². The molecule has 0 aliphatic carbocycles. The van der Waals surface area contributed by atoms with Crippen molar-refractivity contribution in [2.45, 2.75) is 127 Å². The fourth-order valence-corrected chi connectivity index (χ4v) is 9.78. The Morgan fingerprint density at radius 2 is 1.78 bits per heavy atom. The van der Waals surface area contributed by atoms with E-state index in [0.29, 0.717) is 24.8 Å². The molecule has 0 radical (unpaired) electrons. The Kier molecular flexibility index (Phi) is 12.7. The maximum absolute atomic E-state index is 15.1. The summed E-state index contributed by atoms with van der Waals surface area (Å²) in [7, 11) is 0. The number of alkyl halides is 1. The van der Waals surface area contributed by atoms with Crippen molar-refractivity contribution in [1.29, 1.82) is 0 Å². The van der Waals surface area contributed by atoms with Crippen LogP contribution in [-0.2, 0) is 28.7 Å². The lowest BCUT2D eigenvalue weighted by molar-refractivity contribution is -0.163. The summed E-state index contributed by atoms with van der Waals surface area (Å²) in [4.78, 5) is 60.2. The second kappa shape index (κ2) is 15.9. The number of benzene rings is 1. The van der Waals surface area contributed by atoms with Crippen LogP contribution in [0.25, 0.3) is 0 Å². The van der Waals surface area contributed by atoms with Gasteiger partial charge in [0, 0.05) is 23.3 Å². The number of fused-ring (bicyclic) bond motifs is 1. The molecule has 2 bridgehead atoms. The standard InChI is InChI=1S/C40H58BrN3O7/c1-11-13-19-29(46)42-25(5)32(26-17-15-14-16-18-26)50-37(49)30-31-35(47)44(28(22-45)24(3)4)34(40(31)21-27(41)33(30)51-40)36(48)43(20-12-2)39(9,10)23-38(6,7)8/h11-12,14-18,24-25,27-28,30-34,45H,1-2,13,19-23H2,3-10H3,(H,42,46)/t25-,27?,28-,30+,31-,32-,33+,34+,40-/m0/s1. The highest BCUT2D eigenvalue weighted by Crippen LogP contribution is 2.61. The number of likely N-dealkylation sites (tertiary alicyclic amines) is 1. The molecule has 4 rings (SSSR count). The molecule has 1 aromatic rings. The highest BCUT2D eigenvalue weighted by atomic mass is 79.9. The monoisotopic (exact) mass is 771 g/mol. The third-order valence-electron chi connectivity index (χ3n) is 10.6. The number of halogens is 1. The molecule has 3 aliphatic rings. The van der Waals surface area contributed by atoms with Gasteiger partial charge in [0.05, 0.1) is 36.6 Å². The van der Waals surface area contributed by atoms with Gasteiger partial charge in [-0.05, 0) is 56.9 Å². The van der Waals surface area contributed by atoms with Crippen LogP contribution in [0.3, 0.4) is 0 Å². The molecule has 1 aromatic carbocycles. The Hall–Kier alpha value is -3.02. The van der Waals surface area contributed by atoms with Gasteiger partial charge in [0.2, 0.25) is 17.7 Å². The number of nitrogens with one attached hydrogen (secondary N) is 1. The summed E-state index contributed by atoms with van der Waals surface area (Å²) in [6.45, 7) is 23.5. The van der Waals surface area contributed by atoms with E-state index in [0.717, 1.165) is 0 Å². The van der Waals surface area contributed by atoms with Crippen LogP contribution in [0.2, 0.25) is 0 Å². The van der Waals surface area contributed by atoms with Gasteiger partial charge in [0.1, 0.15) is 17.7 Å². The van der Waals surface area contributed by atoms with Crippen molar-refractivity contribution in [3.8, 4) is 0 Å². The largest absolute Gasteiger partial charge is 0.455 e. The zero-order valence-corrected chi connectivity index (χ0v) is 33.1. The minimum atomic E-state index is -1.34. The van der Waals surface area contributed by atoms with Gasteiger partial charge >= 0.3 is 5.97 Å². The predicted octanol–water partition coefficient (Wildman–Crippen LogP) is 5.74. The number of aliphatic hydroxyl groups is 1. The smallest absolute Gasteiger partial charge is 0.313 e. The predicted molar refractivity (Wildman–Crippen MR) is 201 cm³/mol. The molecule has 11 heteroatoms. The average Bonchev–Trinajstić information content (AvgIpc) is 3.63. The lowest BCUT2D eigenvalue weighted by atomic mass is 9.70. The van der Waals surface area contributed by atoms with Gasteiger partial charge in [-0.1, -0.05) is 93.0 Å². The van der Waals surface area contributed by atoms with Crippen molar-refractivity contribution in [3.63, 3.8) is 0 Å². The maximum atomic E-state index is 15.1. The van der Waals surface area contributed by atoms with E-state index in [2.05, 4.69) is 55.2 Å². The molecule has 3 aliphatic heterocycles. The van der Waals surface area contributed by atoms with Crippen molar-refractivity contribution in [1.82, 2.24) is 15.1 Å². The third kappa shape index (κ3) is 8.15. The van der Waals surface area contributed by atoms with E-state index in [4.69, 9.17) is 9.47 Å². The maximum Gasteiger partial charge on any atom is 0.313 e. The van der Waals surface area contributed by atoms with Crippen LogP contribution in [0, 0.1) is 23.2 Å². The number of hydrogen-bond donors (Lipinski definition) is 2. The van der Waals surface area contributed by atoms with Gasteiger partial charge in [-0.25, -0.2) is 0 Å². The second-order valence-electron chi connectivity index (χ2n) is 16.6. The fourth-order valence-electron chi connectivity index (χ4n) is 8.84. The number of carbonyl (C=O) groups is 4. The number of rotatable bonds is 16. The van der Waals surface area contributed by atoms with Crippen LogP contribution in [0.1, 0.15) is 92.7 Å². The molecule has 9 atom stereocenters. The summed E-state index contributed by atoms with van der Waals surface area (Å²) >= 11 is 3.76. The highest BCUT2D eigenvalue weighted by molar-refractivity contribution is 9.09. The minimum Gasteiger partial charge on any atom is -0.455 e. The fraction of sp³-hybridized carbons (Fsp3) is 0.650. The molecule has 282 valence electrons. The number of allylic oxidation sites excluding steroid dienone is 1. The first kappa shape index (κ1) is 40.7. The van der Waals surface area contributed by atoms with E-state index < -0.39 is 65.2 Å². The Balaban J connectivity index is 1.78. The van der Waals surface area contributed by atoms with Gasteiger partial charge in [0.15, 0.2) is 0 Å². The van der Waals surface area contributed by atoms with Crippen molar-refractivity contribution < 1.29 is 33.8 Å². The van der Waals surface area contributed by atoms with E-state index in [1.54, 1.807) is 24.0 Å². The summed E-state index contributed by atoms with van der Waals surface area (Å²) in [5.74, 6) is -3.80. The number of amides is 3. The van der Waals surface area contributed by atoms with Gasteiger partial charge in [0.25, 0.3) is 0 Å². The second-order valence-corrected chi connectivity index (χ2v) is 17.8. The Morgan fingerprint density at radius 1 is 1.14 bits per heavy atom. The number of carbonyl (C=O) groups excluding carboxylic acids is 4. The van der Waals surface area contributed by atoms with Crippen LogP contribution in [0.4, 0.5) is 0 Å². The van der Waals surface area contributed by atoms with Crippen molar-refractivity contribution >= 4 is 39.6 Å². The first-order valence-corrected chi connectivity index (χ1v) is 19.1. The first-order valence-electron chi connectivity index (χ1n) is 18.2. The molecule has 0 saturated carbocycles. The van der Waals surface area contributed by atoms with E-state index in [9.17, 15) is 19.5 Å². The molecular weight excluding hydrogens is 714 g/mol. The average molecular weight is 773 g/mol. The van der Waals surface area contributed by atoms with Gasteiger partial charge in [-0.3, -0.25) is 19.2 Å².